The summed E-state index contributed by atoms with van der Waals surface area (Å²) >= 11 is 0. The number of hydrogen-bond acceptors (Lipinski definition) is 2. The Morgan fingerprint density at radius 3 is 2.24 bits per heavy atom. The van der Waals surface area contributed by atoms with E-state index in [2.05, 4.69) is 26.0 Å². The molecule has 4 nitrogen and oxygen atoms in total. The van der Waals surface area contributed by atoms with Gasteiger partial charge in [0.2, 0.25) is 0 Å². The number of imidazole rings is 1. The fraction of sp³-hybridized carbons (Fsp3) is 0.471. The van der Waals surface area contributed by atoms with Crippen LogP contribution in [0.25, 0.3) is 0 Å². The fourth-order valence-corrected chi connectivity index (χ4v) is 2.47. The van der Waals surface area contributed by atoms with E-state index in [-0.39, 0.29) is 12.2 Å². The number of benzene rings is 1. The van der Waals surface area contributed by atoms with Crippen molar-refractivity contribution >= 4 is 0 Å². The number of aromatic nitrogens is 2. The number of aryl methyl sites for hydroxylation is 1. The van der Waals surface area contributed by atoms with Gasteiger partial charge in [0, 0.05) is 18.9 Å². The number of aliphatic hydroxyl groups is 1. The van der Waals surface area contributed by atoms with E-state index in [0.29, 0.717) is 12.5 Å². The van der Waals surface area contributed by atoms with Gasteiger partial charge in [0.25, 0.3) is 0 Å². The summed E-state index contributed by atoms with van der Waals surface area (Å²) in [6, 6.07) is 8.01. The first-order chi connectivity index (χ1) is 10.0. The van der Waals surface area contributed by atoms with Crippen LogP contribution >= 0.6 is 0 Å². The fourth-order valence-electron chi connectivity index (χ4n) is 2.47. The minimum absolute atomic E-state index is 0.0759. The molecule has 0 radical (unpaired) electrons. The second-order valence-corrected chi connectivity index (χ2v) is 5.87. The summed E-state index contributed by atoms with van der Waals surface area (Å²) in [6.45, 7) is 7.23. The SMILES string of the molecule is CCn1ccn(CC(O)c2ccc(CC(C)C)cc2)c1=O. The minimum atomic E-state index is -0.663. The Kier molecular flexibility index (Phi) is 5.02. The third-order valence-corrected chi connectivity index (χ3v) is 3.64. The Morgan fingerprint density at radius 2 is 1.71 bits per heavy atom. The van der Waals surface area contributed by atoms with Gasteiger partial charge in [-0.3, -0.25) is 9.13 Å². The van der Waals surface area contributed by atoms with Gasteiger partial charge in [-0.15, -0.1) is 0 Å². The number of nitrogens with zero attached hydrogens (tertiary/aromatic N) is 2. The molecule has 1 unspecified atom stereocenters. The van der Waals surface area contributed by atoms with Gasteiger partial charge >= 0.3 is 5.69 Å². The van der Waals surface area contributed by atoms with Crippen molar-refractivity contribution in [1.82, 2.24) is 9.13 Å². The predicted octanol–water partition coefficient (Wildman–Crippen LogP) is 2.60. The summed E-state index contributed by atoms with van der Waals surface area (Å²) in [5.74, 6) is 0.619. The van der Waals surface area contributed by atoms with Crippen molar-refractivity contribution in [3.8, 4) is 0 Å². The quantitative estimate of drug-likeness (QED) is 0.888. The molecule has 4 heteroatoms. The van der Waals surface area contributed by atoms with Gasteiger partial charge in [0.05, 0.1) is 12.6 Å². The van der Waals surface area contributed by atoms with Gasteiger partial charge in [-0.2, -0.15) is 0 Å². The Morgan fingerprint density at radius 1 is 1.10 bits per heavy atom. The molecule has 1 heterocycles. The van der Waals surface area contributed by atoms with E-state index in [0.717, 1.165) is 12.0 Å². The summed E-state index contributed by atoms with van der Waals surface area (Å²) in [5, 5.41) is 10.3. The first-order valence-corrected chi connectivity index (χ1v) is 7.53. The van der Waals surface area contributed by atoms with Gasteiger partial charge in [0.15, 0.2) is 0 Å². The van der Waals surface area contributed by atoms with Crippen molar-refractivity contribution in [1.29, 1.82) is 0 Å². The van der Waals surface area contributed by atoms with Crippen LogP contribution in [-0.4, -0.2) is 14.2 Å². The maximum absolute atomic E-state index is 12.0. The van der Waals surface area contributed by atoms with E-state index in [1.807, 2.05) is 19.1 Å². The molecule has 0 spiro atoms. The summed E-state index contributed by atoms with van der Waals surface area (Å²) in [7, 11) is 0. The molecule has 0 aliphatic rings. The maximum Gasteiger partial charge on any atom is 0.328 e. The van der Waals surface area contributed by atoms with Crippen molar-refractivity contribution in [3.63, 3.8) is 0 Å². The van der Waals surface area contributed by atoms with Gasteiger partial charge < -0.3 is 5.11 Å². The minimum Gasteiger partial charge on any atom is -0.387 e. The molecule has 2 rings (SSSR count). The summed E-state index contributed by atoms with van der Waals surface area (Å²) in [5.41, 5.74) is 2.04. The van der Waals surface area contributed by atoms with Crippen LogP contribution in [0, 0.1) is 5.92 Å². The van der Waals surface area contributed by atoms with Gasteiger partial charge in [-0.05, 0) is 30.4 Å². The first-order valence-electron chi connectivity index (χ1n) is 7.53. The molecule has 0 bridgehead atoms. The van der Waals surface area contributed by atoms with Crippen molar-refractivity contribution < 1.29 is 5.11 Å². The van der Waals surface area contributed by atoms with Crippen LogP contribution in [0.1, 0.15) is 38.0 Å². The zero-order valence-electron chi connectivity index (χ0n) is 13.0. The van der Waals surface area contributed by atoms with Crippen molar-refractivity contribution in [2.45, 2.75) is 46.4 Å². The zero-order valence-corrected chi connectivity index (χ0v) is 13.0. The predicted molar refractivity (Wildman–Crippen MR) is 84.3 cm³/mol. The smallest absolute Gasteiger partial charge is 0.328 e. The molecule has 0 aliphatic heterocycles. The van der Waals surface area contributed by atoms with E-state index >= 15 is 0 Å². The highest BCUT2D eigenvalue weighted by Crippen LogP contribution is 2.17. The number of aliphatic hydroxyl groups excluding tert-OH is 1. The lowest BCUT2D eigenvalue weighted by molar-refractivity contribution is 0.155. The Hall–Kier alpha value is -1.81. The van der Waals surface area contributed by atoms with E-state index in [1.54, 1.807) is 21.5 Å². The molecule has 0 saturated carbocycles. The van der Waals surface area contributed by atoms with Crippen LogP contribution in [0.15, 0.2) is 41.5 Å². The van der Waals surface area contributed by atoms with Crippen molar-refractivity contribution in [2.24, 2.45) is 5.92 Å². The van der Waals surface area contributed by atoms with Crippen LogP contribution in [-0.2, 0) is 19.5 Å². The second-order valence-electron chi connectivity index (χ2n) is 5.87. The summed E-state index contributed by atoms with van der Waals surface area (Å²) in [4.78, 5) is 12.0. The topological polar surface area (TPSA) is 47.2 Å². The van der Waals surface area contributed by atoms with Gasteiger partial charge in [0.1, 0.15) is 0 Å². The lowest BCUT2D eigenvalue weighted by Crippen LogP contribution is -2.25. The highest BCUT2D eigenvalue weighted by atomic mass is 16.3. The van der Waals surface area contributed by atoms with Gasteiger partial charge in [-0.1, -0.05) is 38.1 Å². The molecule has 0 saturated heterocycles. The average Bonchev–Trinajstić information content (AvgIpc) is 2.79. The normalized spacial score (nSPS) is 12.8. The van der Waals surface area contributed by atoms with E-state index in [1.165, 1.54) is 5.56 Å². The molecule has 1 atom stereocenters. The molecule has 2 aromatic rings. The second kappa shape index (κ2) is 6.76. The largest absolute Gasteiger partial charge is 0.387 e. The maximum atomic E-state index is 12.0. The highest BCUT2D eigenvalue weighted by Gasteiger charge is 2.11. The molecule has 21 heavy (non-hydrogen) atoms. The summed E-state index contributed by atoms with van der Waals surface area (Å²) < 4.78 is 3.18. The van der Waals surface area contributed by atoms with Crippen LogP contribution in [0.5, 0.6) is 0 Å². The van der Waals surface area contributed by atoms with E-state index in [4.69, 9.17) is 0 Å². The molecule has 0 amide bonds. The molecule has 114 valence electrons. The first kappa shape index (κ1) is 15.6. The van der Waals surface area contributed by atoms with Gasteiger partial charge in [-0.25, -0.2) is 4.79 Å². The Labute approximate surface area is 125 Å². The summed E-state index contributed by atoms with van der Waals surface area (Å²) in [6.07, 6.45) is 3.85. The molecule has 1 aromatic carbocycles. The van der Waals surface area contributed by atoms with Crippen LogP contribution in [0.2, 0.25) is 0 Å². The Balaban J connectivity index is 2.07. The molecular formula is C17H24N2O2. The monoisotopic (exact) mass is 288 g/mol. The lowest BCUT2D eigenvalue weighted by Gasteiger charge is -2.12. The highest BCUT2D eigenvalue weighted by molar-refractivity contribution is 5.24. The Bertz CT molecular complexity index is 623. The average molecular weight is 288 g/mol. The lowest BCUT2D eigenvalue weighted by atomic mass is 10.0. The zero-order chi connectivity index (χ0) is 15.4. The molecular weight excluding hydrogens is 264 g/mol. The molecule has 1 N–H and O–H groups in total. The molecule has 0 aliphatic carbocycles. The van der Waals surface area contributed by atoms with Crippen LogP contribution in [0.3, 0.4) is 0 Å². The molecule has 1 aromatic heterocycles. The third-order valence-electron chi connectivity index (χ3n) is 3.64. The standard InChI is InChI=1S/C17H24N2O2/c1-4-18-9-10-19(17(18)21)12-16(20)15-7-5-14(6-8-15)11-13(2)3/h5-10,13,16,20H,4,11-12H2,1-3H3. The van der Waals surface area contributed by atoms with Crippen molar-refractivity contribution in [2.75, 3.05) is 0 Å². The molecule has 0 fully saturated rings. The van der Waals surface area contributed by atoms with Crippen LogP contribution in [0.4, 0.5) is 0 Å². The third kappa shape index (κ3) is 3.85. The number of hydrogen-bond donors (Lipinski definition) is 1. The van der Waals surface area contributed by atoms with E-state index in [9.17, 15) is 9.90 Å². The number of rotatable bonds is 6. The van der Waals surface area contributed by atoms with Crippen LogP contribution < -0.4 is 5.69 Å². The van der Waals surface area contributed by atoms with E-state index < -0.39 is 6.10 Å². The van der Waals surface area contributed by atoms with Crippen molar-refractivity contribution in [3.05, 3.63) is 58.3 Å².